The molecule has 0 saturated heterocycles. The highest BCUT2D eigenvalue weighted by Gasteiger charge is 2.11. The Morgan fingerprint density at radius 2 is 2.11 bits per heavy atom. The maximum Gasteiger partial charge on any atom is 0.148 e. The number of nitrogen functional groups attached to an aromatic ring is 1. The molecule has 2 aromatic carbocycles. The summed E-state index contributed by atoms with van der Waals surface area (Å²) in [5.41, 5.74) is 9.30. The number of fused-ring (bicyclic) bond motifs is 1. The number of H-pyrrole nitrogens is 1. The third kappa shape index (κ3) is 1.89. The summed E-state index contributed by atoms with van der Waals surface area (Å²) in [5.74, 6) is -0.410. The third-order valence-electron chi connectivity index (χ3n) is 3.18. The lowest BCUT2D eigenvalue weighted by atomic mass is 10.2. The highest BCUT2D eigenvalue weighted by atomic mass is 19.1. The van der Waals surface area contributed by atoms with E-state index in [2.05, 4.69) is 9.97 Å². The zero-order valence-electron chi connectivity index (χ0n) is 10.4. The summed E-state index contributed by atoms with van der Waals surface area (Å²) in [7, 11) is 1.85. The summed E-state index contributed by atoms with van der Waals surface area (Å²) in [6.07, 6.45) is 1.64. The Labute approximate surface area is 109 Å². The molecule has 0 bridgehead atoms. The van der Waals surface area contributed by atoms with Crippen LogP contribution in [0.15, 0.2) is 42.7 Å². The molecule has 0 unspecified atom stereocenters. The predicted octanol–water partition coefficient (Wildman–Crippen LogP) is 3.05. The molecule has 0 fully saturated rings. The lowest BCUT2D eigenvalue weighted by Gasteiger charge is -2.21. The van der Waals surface area contributed by atoms with Crippen molar-refractivity contribution in [2.24, 2.45) is 0 Å². The fourth-order valence-electron chi connectivity index (χ4n) is 2.09. The van der Waals surface area contributed by atoms with E-state index >= 15 is 0 Å². The summed E-state index contributed by atoms with van der Waals surface area (Å²) in [4.78, 5) is 9.06. The van der Waals surface area contributed by atoms with Crippen molar-refractivity contribution in [2.75, 3.05) is 17.7 Å². The van der Waals surface area contributed by atoms with E-state index in [1.165, 1.54) is 6.07 Å². The standard InChI is InChI=1S/C14H13FN4/c1-19(13-4-2-3-10(15)14(13)16)9-5-6-11-12(7-9)18-8-17-11/h2-8H,16H2,1H3,(H,17,18). The molecule has 0 aliphatic carbocycles. The quantitative estimate of drug-likeness (QED) is 0.693. The number of halogens is 1. The first-order valence-corrected chi connectivity index (χ1v) is 5.87. The van der Waals surface area contributed by atoms with Crippen LogP contribution in [0.1, 0.15) is 0 Å². The molecule has 3 N–H and O–H groups in total. The van der Waals surface area contributed by atoms with Crippen LogP contribution in [0.2, 0.25) is 0 Å². The number of hydrogen-bond acceptors (Lipinski definition) is 3. The number of nitrogens with two attached hydrogens (primary N) is 1. The van der Waals surface area contributed by atoms with Gasteiger partial charge in [-0.15, -0.1) is 0 Å². The van der Waals surface area contributed by atoms with Crippen molar-refractivity contribution >= 4 is 28.1 Å². The maximum atomic E-state index is 13.5. The summed E-state index contributed by atoms with van der Waals surface area (Å²) in [6.45, 7) is 0. The lowest BCUT2D eigenvalue weighted by molar-refractivity contribution is 0.632. The highest BCUT2D eigenvalue weighted by Crippen LogP contribution is 2.31. The van der Waals surface area contributed by atoms with Crippen LogP contribution in [0.25, 0.3) is 11.0 Å². The van der Waals surface area contributed by atoms with Gasteiger partial charge in [0.2, 0.25) is 0 Å². The molecule has 4 nitrogen and oxygen atoms in total. The van der Waals surface area contributed by atoms with Crippen molar-refractivity contribution in [3.8, 4) is 0 Å². The molecule has 1 heterocycles. The Morgan fingerprint density at radius 3 is 2.95 bits per heavy atom. The van der Waals surface area contributed by atoms with Crippen molar-refractivity contribution in [3.63, 3.8) is 0 Å². The number of aromatic nitrogens is 2. The van der Waals surface area contributed by atoms with Gasteiger partial charge in [-0.2, -0.15) is 0 Å². The zero-order chi connectivity index (χ0) is 13.4. The molecule has 3 aromatic rings. The van der Waals surface area contributed by atoms with E-state index in [0.29, 0.717) is 5.69 Å². The molecular weight excluding hydrogens is 243 g/mol. The molecule has 19 heavy (non-hydrogen) atoms. The van der Waals surface area contributed by atoms with Gasteiger partial charge in [-0.05, 0) is 30.3 Å². The molecule has 5 heteroatoms. The molecule has 3 rings (SSSR count). The Balaban J connectivity index is 2.07. The number of nitrogens with zero attached hydrogens (tertiary/aromatic N) is 2. The van der Waals surface area contributed by atoms with Crippen LogP contribution >= 0.6 is 0 Å². The molecule has 0 amide bonds. The van der Waals surface area contributed by atoms with Gasteiger partial charge in [0.05, 0.1) is 28.7 Å². The number of imidazole rings is 1. The Morgan fingerprint density at radius 1 is 1.26 bits per heavy atom. The highest BCUT2D eigenvalue weighted by molar-refractivity contribution is 5.82. The van der Waals surface area contributed by atoms with E-state index in [0.717, 1.165) is 16.7 Å². The van der Waals surface area contributed by atoms with E-state index in [1.807, 2.05) is 30.1 Å². The zero-order valence-corrected chi connectivity index (χ0v) is 10.4. The first-order chi connectivity index (χ1) is 9.16. The Hall–Kier alpha value is -2.56. The molecule has 0 spiro atoms. The molecular formula is C14H13FN4. The van der Waals surface area contributed by atoms with Gasteiger partial charge in [0, 0.05) is 12.7 Å². The van der Waals surface area contributed by atoms with Crippen molar-refractivity contribution in [3.05, 3.63) is 48.5 Å². The summed E-state index contributed by atoms with van der Waals surface area (Å²) in [5, 5.41) is 0. The summed E-state index contributed by atoms with van der Waals surface area (Å²) >= 11 is 0. The first-order valence-electron chi connectivity index (χ1n) is 5.87. The minimum atomic E-state index is -0.410. The Kier molecular flexibility index (Phi) is 2.59. The van der Waals surface area contributed by atoms with Gasteiger partial charge in [-0.25, -0.2) is 9.37 Å². The molecule has 1 aromatic heterocycles. The van der Waals surface area contributed by atoms with Gasteiger partial charge in [0.25, 0.3) is 0 Å². The average Bonchev–Trinajstić information content (AvgIpc) is 2.88. The van der Waals surface area contributed by atoms with Crippen molar-refractivity contribution in [1.29, 1.82) is 0 Å². The largest absolute Gasteiger partial charge is 0.395 e. The van der Waals surface area contributed by atoms with E-state index in [1.54, 1.807) is 18.5 Å². The fourth-order valence-corrected chi connectivity index (χ4v) is 2.09. The average molecular weight is 256 g/mol. The molecule has 96 valence electrons. The number of hydrogen-bond donors (Lipinski definition) is 2. The number of aromatic amines is 1. The fraction of sp³-hybridized carbons (Fsp3) is 0.0714. The Bertz CT molecular complexity index is 735. The SMILES string of the molecule is CN(c1ccc2nc[nH]c2c1)c1cccc(F)c1N. The van der Waals surface area contributed by atoms with Crippen molar-refractivity contribution in [1.82, 2.24) is 9.97 Å². The van der Waals surface area contributed by atoms with Crippen LogP contribution in [0, 0.1) is 5.82 Å². The van der Waals surface area contributed by atoms with Crippen LogP contribution in [-0.2, 0) is 0 Å². The summed E-state index contributed by atoms with van der Waals surface area (Å²) < 4.78 is 13.5. The van der Waals surface area contributed by atoms with Crippen LogP contribution in [-0.4, -0.2) is 17.0 Å². The summed E-state index contributed by atoms with van der Waals surface area (Å²) in [6, 6.07) is 10.6. The second kappa shape index (κ2) is 4.28. The topological polar surface area (TPSA) is 57.9 Å². The van der Waals surface area contributed by atoms with Gasteiger partial charge >= 0.3 is 0 Å². The molecule has 0 aliphatic heterocycles. The van der Waals surface area contributed by atoms with Gasteiger partial charge in [0.15, 0.2) is 0 Å². The predicted molar refractivity (Wildman–Crippen MR) is 75.0 cm³/mol. The van der Waals surface area contributed by atoms with Crippen LogP contribution in [0.5, 0.6) is 0 Å². The maximum absolute atomic E-state index is 13.5. The number of anilines is 3. The molecule has 0 saturated carbocycles. The minimum Gasteiger partial charge on any atom is -0.395 e. The number of rotatable bonds is 2. The number of benzene rings is 2. The minimum absolute atomic E-state index is 0.148. The smallest absolute Gasteiger partial charge is 0.148 e. The van der Waals surface area contributed by atoms with Gasteiger partial charge in [-0.1, -0.05) is 6.07 Å². The molecule has 0 radical (unpaired) electrons. The van der Waals surface area contributed by atoms with E-state index in [9.17, 15) is 4.39 Å². The van der Waals surface area contributed by atoms with Gasteiger partial charge in [-0.3, -0.25) is 0 Å². The molecule has 0 aliphatic rings. The van der Waals surface area contributed by atoms with Crippen molar-refractivity contribution < 1.29 is 4.39 Å². The monoisotopic (exact) mass is 256 g/mol. The normalized spacial score (nSPS) is 10.8. The first kappa shape index (κ1) is 11.5. The number of para-hydroxylation sites is 1. The van der Waals surface area contributed by atoms with Crippen LogP contribution in [0.4, 0.5) is 21.5 Å². The van der Waals surface area contributed by atoms with Crippen LogP contribution < -0.4 is 10.6 Å². The van der Waals surface area contributed by atoms with E-state index < -0.39 is 5.82 Å². The van der Waals surface area contributed by atoms with E-state index in [-0.39, 0.29) is 5.69 Å². The molecule has 0 atom stereocenters. The van der Waals surface area contributed by atoms with Crippen molar-refractivity contribution in [2.45, 2.75) is 0 Å². The van der Waals surface area contributed by atoms with Gasteiger partial charge in [0.1, 0.15) is 5.82 Å². The van der Waals surface area contributed by atoms with Crippen LogP contribution in [0.3, 0.4) is 0 Å². The third-order valence-corrected chi connectivity index (χ3v) is 3.18. The van der Waals surface area contributed by atoms with Gasteiger partial charge < -0.3 is 15.6 Å². The van der Waals surface area contributed by atoms with E-state index in [4.69, 9.17) is 5.73 Å². The number of nitrogens with one attached hydrogen (secondary N) is 1. The lowest BCUT2D eigenvalue weighted by Crippen LogP contribution is -2.12. The second-order valence-electron chi connectivity index (χ2n) is 4.34. The second-order valence-corrected chi connectivity index (χ2v) is 4.34.